The van der Waals surface area contributed by atoms with Crippen molar-refractivity contribution in [3.05, 3.63) is 35.9 Å². The van der Waals surface area contributed by atoms with Gasteiger partial charge in [0.05, 0.1) is 11.4 Å². The zero-order valence-electron chi connectivity index (χ0n) is 8.22. The second-order valence-corrected chi connectivity index (χ2v) is 3.40. The van der Waals surface area contributed by atoms with Gasteiger partial charge in [-0.15, -0.1) is 0 Å². The lowest BCUT2D eigenvalue weighted by Crippen LogP contribution is -2.04. The van der Waals surface area contributed by atoms with Gasteiger partial charge in [0, 0.05) is 6.54 Å². The van der Waals surface area contributed by atoms with Crippen molar-refractivity contribution in [3.63, 3.8) is 0 Å². The van der Waals surface area contributed by atoms with Gasteiger partial charge in [0.2, 0.25) is 0 Å². The standard InChI is InChI=1S/C11H16N2/c1-8(2)7-13-11-5-4-9(3)6-10(11)12/h4-6,13H,1,7,12H2,2-3H3. The molecular weight excluding hydrogens is 160 g/mol. The lowest BCUT2D eigenvalue weighted by Gasteiger charge is -2.09. The van der Waals surface area contributed by atoms with Crippen LogP contribution < -0.4 is 11.1 Å². The van der Waals surface area contributed by atoms with Gasteiger partial charge in [-0.2, -0.15) is 0 Å². The average molecular weight is 176 g/mol. The van der Waals surface area contributed by atoms with Crippen LogP contribution >= 0.6 is 0 Å². The molecule has 3 N–H and O–H groups in total. The summed E-state index contributed by atoms with van der Waals surface area (Å²) in [4.78, 5) is 0. The van der Waals surface area contributed by atoms with Crippen molar-refractivity contribution in [2.24, 2.45) is 0 Å². The van der Waals surface area contributed by atoms with E-state index < -0.39 is 0 Å². The average Bonchev–Trinajstić information content (AvgIpc) is 2.02. The Kier molecular flexibility index (Phi) is 2.96. The number of hydrogen-bond donors (Lipinski definition) is 2. The summed E-state index contributed by atoms with van der Waals surface area (Å²) in [6.07, 6.45) is 0. The molecule has 0 unspecified atom stereocenters. The van der Waals surface area contributed by atoms with Crippen molar-refractivity contribution < 1.29 is 0 Å². The van der Waals surface area contributed by atoms with Gasteiger partial charge < -0.3 is 11.1 Å². The molecule has 0 saturated carbocycles. The molecule has 0 spiro atoms. The molecule has 1 rings (SSSR count). The Balaban J connectivity index is 2.72. The molecule has 0 amide bonds. The second kappa shape index (κ2) is 3.99. The van der Waals surface area contributed by atoms with Gasteiger partial charge in [-0.25, -0.2) is 0 Å². The van der Waals surface area contributed by atoms with E-state index in [4.69, 9.17) is 5.73 Å². The molecule has 0 heterocycles. The molecule has 1 aromatic rings. The minimum atomic E-state index is 0.771. The molecule has 0 aliphatic rings. The second-order valence-electron chi connectivity index (χ2n) is 3.40. The van der Waals surface area contributed by atoms with Crippen molar-refractivity contribution in [2.45, 2.75) is 13.8 Å². The number of benzene rings is 1. The van der Waals surface area contributed by atoms with Crippen LogP contribution in [0.3, 0.4) is 0 Å². The number of aryl methyl sites for hydroxylation is 1. The van der Waals surface area contributed by atoms with E-state index in [0.29, 0.717) is 0 Å². The van der Waals surface area contributed by atoms with Crippen LogP contribution in [-0.4, -0.2) is 6.54 Å². The van der Waals surface area contributed by atoms with Crippen molar-refractivity contribution in [1.29, 1.82) is 0 Å². The molecule has 1 aromatic carbocycles. The molecule has 0 saturated heterocycles. The number of nitrogens with two attached hydrogens (primary N) is 1. The van der Waals surface area contributed by atoms with Crippen LogP contribution in [0.25, 0.3) is 0 Å². The highest BCUT2D eigenvalue weighted by Gasteiger charge is 1.97. The van der Waals surface area contributed by atoms with Crippen molar-refractivity contribution in [1.82, 2.24) is 0 Å². The van der Waals surface area contributed by atoms with E-state index in [2.05, 4.69) is 11.9 Å². The third-order valence-corrected chi connectivity index (χ3v) is 1.79. The summed E-state index contributed by atoms with van der Waals surface area (Å²) in [7, 11) is 0. The van der Waals surface area contributed by atoms with Gasteiger partial charge in [0.25, 0.3) is 0 Å². The lowest BCUT2D eigenvalue weighted by molar-refractivity contribution is 1.22. The van der Waals surface area contributed by atoms with Crippen LogP contribution in [0.2, 0.25) is 0 Å². The molecule has 0 fully saturated rings. The SMILES string of the molecule is C=C(C)CNc1ccc(C)cc1N. The highest BCUT2D eigenvalue weighted by Crippen LogP contribution is 2.19. The Labute approximate surface area is 79.5 Å². The van der Waals surface area contributed by atoms with Crippen LogP contribution in [0, 0.1) is 6.92 Å². The number of nitrogens with one attached hydrogen (secondary N) is 1. The van der Waals surface area contributed by atoms with Crippen LogP contribution in [0.5, 0.6) is 0 Å². The summed E-state index contributed by atoms with van der Waals surface area (Å²) >= 11 is 0. The highest BCUT2D eigenvalue weighted by molar-refractivity contribution is 5.67. The number of hydrogen-bond acceptors (Lipinski definition) is 2. The van der Waals surface area contributed by atoms with Gasteiger partial charge >= 0.3 is 0 Å². The smallest absolute Gasteiger partial charge is 0.0576 e. The first kappa shape index (κ1) is 9.65. The van der Waals surface area contributed by atoms with E-state index in [-0.39, 0.29) is 0 Å². The summed E-state index contributed by atoms with van der Waals surface area (Å²) in [6.45, 7) is 8.60. The molecule has 0 aromatic heterocycles. The van der Waals surface area contributed by atoms with Gasteiger partial charge in [-0.1, -0.05) is 18.2 Å². The number of nitrogen functional groups attached to an aromatic ring is 1. The predicted molar refractivity (Wildman–Crippen MR) is 58.9 cm³/mol. The summed E-state index contributed by atoms with van der Waals surface area (Å²) < 4.78 is 0. The first-order chi connectivity index (χ1) is 6.09. The van der Waals surface area contributed by atoms with Gasteiger partial charge in [-0.05, 0) is 31.5 Å². The lowest BCUT2D eigenvalue weighted by atomic mass is 10.2. The topological polar surface area (TPSA) is 38.0 Å². The Bertz CT molecular complexity index is 316. The highest BCUT2D eigenvalue weighted by atomic mass is 14.9. The fraction of sp³-hybridized carbons (Fsp3) is 0.273. The minimum Gasteiger partial charge on any atom is -0.397 e. The van der Waals surface area contributed by atoms with Crippen LogP contribution in [-0.2, 0) is 0 Å². The summed E-state index contributed by atoms with van der Waals surface area (Å²) in [5.41, 5.74) is 9.86. The zero-order valence-corrected chi connectivity index (χ0v) is 8.22. The molecule has 2 heteroatoms. The van der Waals surface area contributed by atoms with E-state index >= 15 is 0 Å². The van der Waals surface area contributed by atoms with Crippen molar-refractivity contribution >= 4 is 11.4 Å². The third kappa shape index (κ3) is 2.82. The molecule has 0 bridgehead atoms. The van der Waals surface area contributed by atoms with Gasteiger partial charge in [0.15, 0.2) is 0 Å². The largest absolute Gasteiger partial charge is 0.397 e. The zero-order chi connectivity index (χ0) is 9.84. The first-order valence-corrected chi connectivity index (χ1v) is 4.34. The van der Waals surface area contributed by atoms with Crippen LogP contribution in [0.1, 0.15) is 12.5 Å². The minimum absolute atomic E-state index is 0.771. The molecule has 0 atom stereocenters. The third-order valence-electron chi connectivity index (χ3n) is 1.79. The Morgan fingerprint density at radius 2 is 2.23 bits per heavy atom. The van der Waals surface area contributed by atoms with Gasteiger partial charge in [-0.3, -0.25) is 0 Å². The number of anilines is 2. The normalized spacial score (nSPS) is 9.69. The maximum absolute atomic E-state index is 5.82. The van der Waals surface area contributed by atoms with Crippen LogP contribution in [0.15, 0.2) is 30.4 Å². The molecule has 0 radical (unpaired) electrons. The summed E-state index contributed by atoms with van der Waals surface area (Å²) in [5.74, 6) is 0. The molecule has 0 aliphatic heterocycles. The van der Waals surface area contributed by atoms with E-state index in [1.807, 2.05) is 32.0 Å². The molecule has 0 aliphatic carbocycles. The number of rotatable bonds is 3. The molecule has 2 nitrogen and oxygen atoms in total. The quantitative estimate of drug-likeness (QED) is 0.548. The van der Waals surface area contributed by atoms with Crippen LogP contribution in [0.4, 0.5) is 11.4 Å². The molecule has 13 heavy (non-hydrogen) atoms. The Morgan fingerprint density at radius 3 is 2.77 bits per heavy atom. The molecule has 70 valence electrons. The van der Waals surface area contributed by atoms with Crippen molar-refractivity contribution in [3.8, 4) is 0 Å². The van der Waals surface area contributed by atoms with E-state index in [1.54, 1.807) is 0 Å². The monoisotopic (exact) mass is 176 g/mol. The van der Waals surface area contributed by atoms with Crippen molar-refractivity contribution in [2.75, 3.05) is 17.6 Å². The molecular formula is C11H16N2. The Morgan fingerprint density at radius 1 is 1.54 bits per heavy atom. The van der Waals surface area contributed by atoms with Gasteiger partial charge in [0.1, 0.15) is 0 Å². The van der Waals surface area contributed by atoms with E-state index in [0.717, 1.165) is 23.5 Å². The fourth-order valence-electron chi connectivity index (χ4n) is 1.09. The predicted octanol–water partition coefficient (Wildman–Crippen LogP) is 2.57. The fourth-order valence-corrected chi connectivity index (χ4v) is 1.09. The summed E-state index contributed by atoms with van der Waals surface area (Å²) in [6, 6.07) is 5.99. The maximum atomic E-state index is 5.82. The summed E-state index contributed by atoms with van der Waals surface area (Å²) in [5, 5.41) is 3.22. The van der Waals surface area contributed by atoms with E-state index in [9.17, 15) is 0 Å². The first-order valence-electron chi connectivity index (χ1n) is 4.34. The maximum Gasteiger partial charge on any atom is 0.0576 e. The van der Waals surface area contributed by atoms with E-state index in [1.165, 1.54) is 5.56 Å². The Hall–Kier alpha value is -1.44.